The largest absolute Gasteiger partial charge is 0.504 e. The highest BCUT2D eigenvalue weighted by atomic mass is 35.5. The summed E-state index contributed by atoms with van der Waals surface area (Å²) in [5, 5.41) is 13.3. The van der Waals surface area contributed by atoms with Crippen molar-refractivity contribution in [2.24, 2.45) is 5.92 Å². The summed E-state index contributed by atoms with van der Waals surface area (Å²) < 4.78 is 29.2. The molecule has 172 valence electrons. The summed E-state index contributed by atoms with van der Waals surface area (Å²) in [5.41, 5.74) is 3.51. The monoisotopic (exact) mass is 478 g/mol. The molecule has 7 heteroatoms. The van der Waals surface area contributed by atoms with Crippen molar-refractivity contribution in [1.82, 2.24) is 4.98 Å². The smallest absolute Gasteiger partial charge is 0.170 e. The molecule has 0 saturated heterocycles. The molecule has 0 amide bonds. The Hall–Kier alpha value is -3.51. The van der Waals surface area contributed by atoms with Crippen molar-refractivity contribution >= 4 is 39.7 Å². The van der Waals surface area contributed by atoms with Crippen molar-refractivity contribution in [3.63, 3.8) is 0 Å². The first kappa shape index (κ1) is 22.3. The number of Topliss-reactive ketones (excluding diaryl/α,β-unsaturated/α-hetero) is 1. The van der Waals surface area contributed by atoms with Crippen LogP contribution in [0.3, 0.4) is 0 Å². The van der Waals surface area contributed by atoms with Crippen LogP contribution in [0.1, 0.15) is 35.7 Å². The average Bonchev–Trinajstić information content (AvgIpc) is 3.68. The van der Waals surface area contributed by atoms with Gasteiger partial charge in [-0.3, -0.25) is 9.78 Å². The molecule has 0 bridgehead atoms. The number of halogens is 3. The number of aromatic nitrogens is 1. The van der Waals surface area contributed by atoms with Crippen molar-refractivity contribution in [1.29, 1.82) is 0 Å². The SMILES string of the molecule is CCc1ccc(Nc2c(C(=O)C3CC3)cnc3cc(F)c(-c4cc(F)c(O)c(Cl)c4)cc23)cc1. The maximum Gasteiger partial charge on any atom is 0.170 e. The second-order valence-corrected chi connectivity index (χ2v) is 8.91. The molecule has 0 aliphatic heterocycles. The van der Waals surface area contributed by atoms with Crippen LogP contribution in [0.4, 0.5) is 20.2 Å². The minimum absolute atomic E-state index is 0.00771. The van der Waals surface area contributed by atoms with Gasteiger partial charge in [-0.15, -0.1) is 0 Å². The highest BCUT2D eigenvalue weighted by molar-refractivity contribution is 6.32. The number of rotatable bonds is 6. The fraction of sp³-hybridized carbons (Fsp3) is 0.185. The lowest BCUT2D eigenvalue weighted by atomic mass is 9.98. The number of ketones is 1. The van der Waals surface area contributed by atoms with Crippen molar-refractivity contribution in [3.05, 3.63) is 82.5 Å². The van der Waals surface area contributed by atoms with Crippen LogP contribution in [0, 0.1) is 17.6 Å². The number of aromatic hydroxyl groups is 1. The second kappa shape index (κ2) is 8.69. The van der Waals surface area contributed by atoms with Crippen LogP contribution in [-0.2, 0) is 6.42 Å². The van der Waals surface area contributed by atoms with Crippen LogP contribution in [0.2, 0.25) is 5.02 Å². The Morgan fingerprint density at radius 2 is 1.85 bits per heavy atom. The van der Waals surface area contributed by atoms with E-state index in [-0.39, 0.29) is 27.9 Å². The zero-order valence-electron chi connectivity index (χ0n) is 18.3. The van der Waals surface area contributed by atoms with E-state index < -0.39 is 17.4 Å². The molecule has 5 rings (SSSR count). The van der Waals surface area contributed by atoms with Gasteiger partial charge in [0.25, 0.3) is 0 Å². The number of hydrogen-bond donors (Lipinski definition) is 2. The Morgan fingerprint density at radius 1 is 1.12 bits per heavy atom. The normalized spacial score (nSPS) is 13.3. The predicted octanol–water partition coefficient (Wildman–Crippen LogP) is 7.44. The second-order valence-electron chi connectivity index (χ2n) is 8.50. The number of nitrogens with one attached hydrogen (secondary N) is 1. The number of nitrogens with zero attached hydrogens (tertiary/aromatic N) is 1. The highest BCUT2D eigenvalue weighted by Crippen LogP contribution is 2.40. The van der Waals surface area contributed by atoms with E-state index in [1.165, 1.54) is 30.0 Å². The number of fused-ring (bicyclic) bond motifs is 1. The molecule has 1 saturated carbocycles. The molecule has 1 aromatic heterocycles. The van der Waals surface area contributed by atoms with E-state index in [9.17, 15) is 14.3 Å². The molecular weight excluding hydrogens is 458 g/mol. The minimum atomic E-state index is -0.952. The Labute approximate surface area is 200 Å². The standard InChI is InChI=1S/C27H21ClF2N2O2/c1-2-14-3-7-17(8-4-14)32-25-19-11-18(16-9-21(28)27(34)23(30)10-16)22(29)12-24(19)31-13-20(25)26(33)15-5-6-15/h3-4,7-13,15,34H,2,5-6H2,1H3,(H,31,32). The molecule has 1 heterocycles. The van der Waals surface area contributed by atoms with Gasteiger partial charge in [0.1, 0.15) is 5.82 Å². The third-order valence-corrected chi connectivity index (χ3v) is 6.42. The highest BCUT2D eigenvalue weighted by Gasteiger charge is 2.32. The van der Waals surface area contributed by atoms with Crippen molar-refractivity contribution < 1.29 is 18.7 Å². The Balaban J connectivity index is 1.70. The number of carbonyl (C=O) groups is 1. The van der Waals surface area contributed by atoms with E-state index in [1.54, 1.807) is 0 Å². The van der Waals surface area contributed by atoms with Gasteiger partial charge in [-0.1, -0.05) is 30.7 Å². The van der Waals surface area contributed by atoms with Gasteiger partial charge in [0.05, 0.1) is 21.8 Å². The molecule has 0 radical (unpaired) electrons. The van der Waals surface area contributed by atoms with Crippen LogP contribution in [-0.4, -0.2) is 15.9 Å². The van der Waals surface area contributed by atoms with Gasteiger partial charge < -0.3 is 10.4 Å². The molecule has 4 nitrogen and oxygen atoms in total. The van der Waals surface area contributed by atoms with Crippen LogP contribution in [0.5, 0.6) is 5.75 Å². The molecular formula is C27H21ClF2N2O2. The molecule has 34 heavy (non-hydrogen) atoms. The summed E-state index contributed by atoms with van der Waals surface area (Å²) in [5.74, 6) is -2.31. The van der Waals surface area contributed by atoms with Gasteiger partial charge in [0.15, 0.2) is 17.3 Å². The molecule has 0 unspecified atom stereocenters. The fourth-order valence-electron chi connectivity index (χ4n) is 4.01. The molecule has 2 N–H and O–H groups in total. The predicted molar refractivity (Wildman–Crippen MR) is 130 cm³/mol. The van der Waals surface area contributed by atoms with E-state index in [0.29, 0.717) is 22.2 Å². The summed E-state index contributed by atoms with van der Waals surface area (Å²) in [6, 6.07) is 13.0. The summed E-state index contributed by atoms with van der Waals surface area (Å²) in [6.07, 6.45) is 4.06. The number of benzene rings is 3. The third-order valence-electron chi connectivity index (χ3n) is 6.13. The Bertz CT molecular complexity index is 1410. The van der Waals surface area contributed by atoms with Gasteiger partial charge in [-0.2, -0.15) is 0 Å². The maximum absolute atomic E-state index is 15.1. The summed E-state index contributed by atoms with van der Waals surface area (Å²) in [4.78, 5) is 17.4. The van der Waals surface area contributed by atoms with Crippen LogP contribution < -0.4 is 5.32 Å². The zero-order chi connectivity index (χ0) is 24.0. The van der Waals surface area contributed by atoms with Crippen LogP contribution in [0.25, 0.3) is 22.0 Å². The van der Waals surface area contributed by atoms with Crippen molar-refractivity contribution in [2.45, 2.75) is 26.2 Å². The molecule has 0 atom stereocenters. The number of anilines is 2. The van der Waals surface area contributed by atoms with E-state index in [2.05, 4.69) is 17.2 Å². The van der Waals surface area contributed by atoms with Crippen molar-refractivity contribution in [3.8, 4) is 16.9 Å². The third kappa shape index (κ3) is 4.10. The molecule has 1 aliphatic carbocycles. The fourth-order valence-corrected chi connectivity index (χ4v) is 4.22. The first-order chi connectivity index (χ1) is 16.4. The lowest BCUT2D eigenvalue weighted by Gasteiger charge is -2.16. The molecule has 3 aromatic carbocycles. The van der Waals surface area contributed by atoms with Gasteiger partial charge in [0, 0.05) is 34.8 Å². The first-order valence-corrected chi connectivity index (χ1v) is 11.4. The lowest BCUT2D eigenvalue weighted by Crippen LogP contribution is -2.08. The molecule has 0 spiro atoms. The van der Waals surface area contributed by atoms with Gasteiger partial charge in [0.2, 0.25) is 0 Å². The number of phenolic OH excluding ortho intramolecular Hbond substituents is 1. The van der Waals surface area contributed by atoms with Gasteiger partial charge >= 0.3 is 0 Å². The summed E-state index contributed by atoms with van der Waals surface area (Å²) in [7, 11) is 0. The van der Waals surface area contributed by atoms with Gasteiger partial charge in [-0.25, -0.2) is 8.78 Å². The lowest BCUT2D eigenvalue weighted by molar-refractivity contribution is 0.0968. The number of aryl methyl sites for hydroxylation is 1. The number of hydrogen-bond acceptors (Lipinski definition) is 4. The Kier molecular flexibility index (Phi) is 5.70. The first-order valence-electron chi connectivity index (χ1n) is 11.1. The van der Waals surface area contributed by atoms with Crippen LogP contribution in [0.15, 0.2) is 54.7 Å². The number of pyridine rings is 1. The number of carbonyl (C=O) groups excluding carboxylic acids is 1. The molecule has 1 aliphatic rings. The molecule has 1 fully saturated rings. The van der Waals surface area contributed by atoms with E-state index in [0.717, 1.165) is 31.0 Å². The molecule has 4 aromatic rings. The summed E-state index contributed by atoms with van der Waals surface area (Å²) >= 11 is 5.93. The summed E-state index contributed by atoms with van der Waals surface area (Å²) in [6.45, 7) is 2.07. The minimum Gasteiger partial charge on any atom is -0.504 e. The number of phenols is 1. The Morgan fingerprint density at radius 3 is 2.50 bits per heavy atom. The van der Waals surface area contributed by atoms with Crippen molar-refractivity contribution in [2.75, 3.05) is 5.32 Å². The topological polar surface area (TPSA) is 62.2 Å². The average molecular weight is 479 g/mol. The van der Waals surface area contributed by atoms with E-state index in [1.807, 2.05) is 24.3 Å². The van der Waals surface area contributed by atoms with Gasteiger partial charge in [-0.05, 0) is 60.7 Å². The quantitative estimate of drug-likeness (QED) is 0.283. The van der Waals surface area contributed by atoms with E-state index >= 15 is 4.39 Å². The maximum atomic E-state index is 15.1. The van der Waals surface area contributed by atoms with E-state index in [4.69, 9.17) is 11.6 Å². The van der Waals surface area contributed by atoms with Crippen LogP contribution >= 0.6 is 11.6 Å². The zero-order valence-corrected chi connectivity index (χ0v) is 19.1.